The van der Waals surface area contributed by atoms with Crippen LogP contribution in [-0.4, -0.2) is 36.6 Å². The molecule has 1 N–H and O–H groups in total. The molecular formula is C20H23N3O2S2. The van der Waals surface area contributed by atoms with E-state index in [1.54, 1.807) is 22.7 Å². The van der Waals surface area contributed by atoms with Gasteiger partial charge >= 0.3 is 0 Å². The van der Waals surface area contributed by atoms with Crippen LogP contribution in [0.5, 0.6) is 0 Å². The van der Waals surface area contributed by atoms with Crippen LogP contribution in [0.25, 0.3) is 0 Å². The van der Waals surface area contributed by atoms with Gasteiger partial charge in [-0.3, -0.25) is 9.69 Å². The lowest BCUT2D eigenvalue weighted by Crippen LogP contribution is -2.37. The summed E-state index contributed by atoms with van der Waals surface area (Å²) in [5, 5.41) is 15.3. The first-order chi connectivity index (χ1) is 13.2. The SMILES string of the molecule is N#Cc1c(NC(=O)CN(Cc2cccs2)C[C@@H]2CCCO2)sc2c1CCC2. The number of thiophene rings is 2. The van der Waals surface area contributed by atoms with Gasteiger partial charge in [-0.2, -0.15) is 5.26 Å². The third-order valence-corrected chi connectivity index (χ3v) is 7.17. The standard InChI is InChI=1S/C20H23N3O2S2/c21-10-17-16-6-1-7-18(16)27-20(17)22-19(24)13-23(11-14-4-2-8-25-14)12-15-5-3-9-26-15/h3,5,9,14H,1-2,4,6-8,11-13H2,(H,22,24)/t14-/m0/s1. The average Bonchev–Trinajstić information content (AvgIpc) is 3.40. The molecule has 0 spiro atoms. The van der Waals surface area contributed by atoms with E-state index < -0.39 is 0 Å². The smallest absolute Gasteiger partial charge is 0.239 e. The van der Waals surface area contributed by atoms with Crippen LogP contribution in [0, 0.1) is 11.3 Å². The predicted molar refractivity (Wildman–Crippen MR) is 108 cm³/mol. The van der Waals surface area contributed by atoms with E-state index in [2.05, 4.69) is 27.7 Å². The fourth-order valence-corrected chi connectivity index (χ4v) is 5.87. The zero-order chi connectivity index (χ0) is 18.6. The van der Waals surface area contributed by atoms with Gasteiger partial charge in [-0.15, -0.1) is 22.7 Å². The van der Waals surface area contributed by atoms with E-state index in [-0.39, 0.29) is 12.0 Å². The number of ether oxygens (including phenoxy) is 1. The van der Waals surface area contributed by atoms with Gasteiger partial charge in [0.1, 0.15) is 11.1 Å². The summed E-state index contributed by atoms with van der Waals surface area (Å²) in [5.74, 6) is -0.0547. The Bertz CT molecular complexity index is 832. The van der Waals surface area contributed by atoms with Crippen molar-refractivity contribution < 1.29 is 9.53 Å². The van der Waals surface area contributed by atoms with Crippen LogP contribution < -0.4 is 5.32 Å². The van der Waals surface area contributed by atoms with Crippen LogP contribution in [0.1, 0.15) is 40.1 Å². The largest absolute Gasteiger partial charge is 0.377 e. The van der Waals surface area contributed by atoms with E-state index in [4.69, 9.17) is 4.74 Å². The van der Waals surface area contributed by atoms with Crippen LogP contribution in [-0.2, 0) is 28.9 Å². The highest BCUT2D eigenvalue weighted by Gasteiger charge is 2.25. The van der Waals surface area contributed by atoms with E-state index in [1.165, 1.54) is 9.75 Å². The molecule has 27 heavy (non-hydrogen) atoms. The van der Waals surface area contributed by atoms with Crippen molar-refractivity contribution in [1.82, 2.24) is 4.90 Å². The van der Waals surface area contributed by atoms with E-state index in [9.17, 15) is 10.1 Å². The number of nitrogens with zero attached hydrogens (tertiary/aromatic N) is 2. The van der Waals surface area contributed by atoms with Gasteiger partial charge in [0.2, 0.25) is 5.91 Å². The van der Waals surface area contributed by atoms with Crippen LogP contribution in [0.3, 0.4) is 0 Å². The normalized spacial score (nSPS) is 18.6. The zero-order valence-electron chi connectivity index (χ0n) is 15.2. The molecule has 5 nitrogen and oxygen atoms in total. The Morgan fingerprint density at radius 1 is 1.41 bits per heavy atom. The molecule has 1 aliphatic heterocycles. The van der Waals surface area contributed by atoms with Crippen LogP contribution in [0.4, 0.5) is 5.00 Å². The molecule has 0 aromatic carbocycles. The topological polar surface area (TPSA) is 65.4 Å². The molecule has 1 aliphatic carbocycles. The van der Waals surface area contributed by atoms with Crippen molar-refractivity contribution in [2.45, 2.75) is 44.8 Å². The molecular weight excluding hydrogens is 378 g/mol. The van der Waals surface area contributed by atoms with Crippen LogP contribution in [0.2, 0.25) is 0 Å². The second-order valence-electron chi connectivity index (χ2n) is 7.11. The molecule has 4 rings (SSSR count). The van der Waals surface area contributed by atoms with Gasteiger partial charge in [0.05, 0.1) is 18.2 Å². The van der Waals surface area contributed by atoms with Gasteiger partial charge in [0.25, 0.3) is 0 Å². The summed E-state index contributed by atoms with van der Waals surface area (Å²) in [6.07, 6.45) is 5.44. The Balaban J connectivity index is 1.42. The number of nitriles is 1. The minimum atomic E-state index is -0.0547. The van der Waals surface area contributed by atoms with Crippen molar-refractivity contribution in [2.24, 2.45) is 0 Å². The monoisotopic (exact) mass is 401 g/mol. The summed E-state index contributed by atoms with van der Waals surface area (Å²) >= 11 is 3.28. The van der Waals surface area contributed by atoms with Crippen molar-refractivity contribution in [1.29, 1.82) is 5.26 Å². The number of anilines is 1. The van der Waals surface area contributed by atoms with Gasteiger partial charge in [-0.25, -0.2) is 0 Å². The fourth-order valence-electron chi connectivity index (χ4n) is 3.86. The molecule has 2 aromatic rings. The lowest BCUT2D eigenvalue weighted by molar-refractivity contribution is -0.117. The maximum Gasteiger partial charge on any atom is 0.239 e. The molecule has 2 aliphatic rings. The van der Waals surface area contributed by atoms with Crippen molar-refractivity contribution in [2.75, 3.05) is 25.0 Å². The first kappa shape index (κ1) is 18.6. The number of rotatable bonds is 7. The van der Waals surface area contributed by atoms with Crippen LogP contribution in [0.15, 0.2) is 17.5 Å². The van der Waals surface area contributed by atoms with Gasteiger partial charge in [-0.05, 0) is 49.1 Å². The molecule has 1 atom stereocenters. The first-order valence-corrected chi connectivity index (χ1v) is 11.1. The highest BCUT2D eigenvalue weighted by atomic mass is 32.1. The molecule has 1 saturated heterocycles. The highest BCUT2D eigenvalue weighted by Crippen LogP contribution is 2.38. The summed E-state index contributed by atoms with van der Waals surface area (Å²) < 4.78 is 5.77. The maximum atomic E-state index is 12.7. The molecule has 1 amide bonds. The predicted octanol–water partition coefficient (Wildman–Crippen LogP) is 3.79. The van der Waals surface area contributed by atoms with E-state index in [1.807, 2.05) is 6.07 Å². The van der Waals surface area contributed by atoms with Gasteiger partial charge < -0.3 is 10.1 Å². The maximum absolute atomic E-state index is 12.7. The van der Waals surface area contributed by atoms with E-state index in [0.29, 0.717) is 12.1 Å². The van der Waals surface area contributed by atoms with Crippen molar-refractivity contribution in [3.63, 3.8) is 0 Å². The summed E-state index contributed by atoms with van der Waals surface area (Å²) in [6.45, 7) is 2.63. The lowest BCUT2D eigenvalue weighted by Gasteiger charge is -2.24. The minimum Gasteiger partial charge on any atom is -0.377 e. The Hall–Kier alpha value is -1.72. The summed E-state index contributed by atoms with van der Waals surface area (Å²) in [4.78, 5) is 17.4. The minimum absolute atomic E-state index is 0.0547. The number of hydrogen-bond donors (Lipinski definition) is 1. The molecule has 0 radical (unpaired) electrons. The number of amides is 1. The molecule has 7 heteroatoms. The third kappa shape index (κ3) is 4.41. The lowest BCUT2D eigenvalue weighted by atomic mass is 10.1. The number of aryl methyl sites for hydroxylation is 1. The molecule has 1 fully saturated rings. The Morgan fingerprint density at radius 3 is 3.07 bits per heavy atom. The molecule has 3 heterocycles. The van der Waals surface area contributed by atoms with Crippen molar-refractivity contribution >= 4 is 33.6 Å². The fraction of sp³-hybridized carbons (Fsp3) is 0.500. The molecule has 0 unspecified atom stereocenters. The van der Waals surface area contributed by atoms with Gasteiger partial charge in [-0.1, -0.05) is 6.07 Å². The zero-order valence-corrected chi connectivity index (χ0v) is 16.8. The van der Waals surface area contributed by atoms with E-state index >= 15 is 0 Å². The number of hydrogen-bond acceptors (Lipinski definition) is 6. The second-order valence-corrected chi connectivity index (χ2v) is 9.24. The second kappa shape index (κ2) is 8.53. The summed E-state index contributed by atoms with van der Waals surface area (Å²) in [6, 6.07) is 6.43. The van der Waals surface area contributed by atoms with Crippen molar-refractivity contribution in [3.05, 3.63) is 38.4 Å². The van der Waals surface area contributed by atoms with Crippen LogP contribution >= 0.6 is 22.7 Å². The first-order valence-electron chi connectivity index (χ1n) is 9.43. The number of nitrogens with one attached hydrogen (secondary N) is 1. The molecule has 0 saturated carbocycles. The Morgan fingerprint density at radius 2 is 2.33 bits per heavy atom. The summed E-state index contributed by atoms with van der Waals surface area (Å²) in [7, 11) is 0. The summed E-state index contributed by atoms with van der Waals surface area (Å²) in [5.41, 5.74) is 1.82. The number of fused-ring (bicyclic) bond motifs is 1. The molecule has 2 aromatic heterocycles. The van der Waals surface area contributed by atoms with Crippen molar-refractivity contribution in [3.8, 4) is 6.07 Å². The van der Waals surface area contributed by atoms with Gasteiger partial charge in [0, 0.05) is 29.5 Å². The van der Waals surface area contributed by atoms with E-state index in [0.717, 1.165) is 62.4 Å². The Labute approximate surface area is 167 Å². The molecule has 0 bridgehead atoms. The van der Waals surface area contributed by atoms with Gasteiger partial charge in [0.15, 0.2) is 0 Å². The number of carbonyl (C=O) groups is 1. The Kier molecular flexibility index (Phi) is 5.89. The average molecular weight is 402 g/mol. The highest BCUT2D eigenvalue weighted by molar-refractivity contribution is 7.16. The molecule has 142 valence electrons. The number of carbonyl (C=O) groups excluding carboxylic acids is 1. The third-order valence-electron chi connectivity index (χ3n) is 5.10. The quantitative estimate of drug-likeness (QED) is 0.767.